The largest absolute Gasteiger partial charge is 0.441 e. The van der Waals surface area contributed by atoms with E-state index in [1.165, 1.54) is 11.1 Å². The molecule has 0 saturated heterocycles. The molecular weight excluding hydrogens is 247 g/mol. The van der Waals surface area contributed by atoms with Gasteiger partial charge in [-0.05, 0) is 29.3 Å². The number of rotatable bonds is 5. The van der Waals surface area contributed by atoms with Crippen LogP contribution in [0.15, 0.2) is 24.3 Å². The predicted molar refractivity (Wildman–Crippen MR) is 64.3 cm³/mol. The van der Waals surface area contributed by atoms with E-state index in [0.717, 1.165) is 13.0 Å². The molecular formula is C12H14F3NS. The Morgan fingerprint density at radius 1 is 1.29 bits per heavy atom. The lowest BCUT2D eigenvalue weighted by atomic mass is 9.78. The number of alkyl halides is 3. The molecule has 5 heteroatoms. The van der Waals surface area contributed by atoms with Gasteiger partial charge in [0.1, 0.15) is 0 Å². The molecule has 1 atom stereocenters. The fourth-order valence-electron chi connectivity index (χ4n) is 2.06. The molecule has 0 amide bonds. The number of hydrogen-bond acceptors (Lipinski definition) is 2. The molecule has 0 spiro atoms. The van der Waals surface area contributed by atoms with Crippen molar-refractivity contribution in [3.8, 4) is 0 Å². The molecule has 0 fully saturated rings. The quantitative estimate of drug-likeness (QED) is 0.817. The van der Waals surface area contributed by atoms with Gasteiger partial charge in [0.2, 0.25) is 0 Å². The van der Waals surface area contributed by atoms with Crippen molar-refractivity contribution < 1.29 is 13.2 Å². The van der Waals surface area contributed by atoms with Crippen LogP contribution in [0, 0.1) is 0 Å². The molecule has 94 valence electrons. The fraction of sp³-hybridized carbons (Fsp3) is 0.500. The summed E-state index contributed by atoms with van der Waals surface area (Å²) in [6, 6.07) is 8.22. The molecule has 17 heavy (non-hydrogen) atoms. The minimum atomic E-state index is -4.11. The first-order chi connectivity index (χ1) is 8.06. The van der Waals surface area contributed by atoms with Crippen molar-refractivity contribution in [1.82, 2.24) is 5.32 Å². The normalized spacial score (nSPS) is 18.6. The first-order valence-electron chi connectivity index (χ1n) is 5.55. The van der Waals surface area contributed by atoms with E-state index < -0.39 is 5.51 Å². The third-order valence-corrected chi connectivity index (χ3v) is 3.63. The molecule has 1 N–H and O–H groups in total. The zero-order chi connectivity index (χ0) is 12.3. The smallest absolute Gasteiger partial charge is 0.315 e. The SMILES string of the molecule is FC(F)(F)SCCNCC1Cc2ccccc21. The molecule has 0 aromatic heterocycles. The molecule has 0 bridgehead atoms. The molecule has 1 aliphatic rings. The van der Waals surface area contributed by atoms with Gasteiger partial charge in [0, 0.05) is 24.8 Å². The molecule has 1 unspecified atom stereocenters. The van der Waals surface area contributed by atoms with Gasteiger partial charge < -0.3 is 5.32 Å². The molecule has 1 aromatic rings. The van der Waals surface area contributed by atoms with Gasteiger partial charge >= 0.3 is 5.51 Å². The Bertz CT molecular complexity index is 378. The number of hydrogen-bond donors (Lipinski definition) is 1. The molecule has 1 nitrogen and oxygen atoms in total. The zero-order valence-electron chi connectivity index (χ0n) is 9.26. The fourth-order valence-corrected chi connectivity index (χ4v) is 2.54. The Kier molecular flexibility index (Phi) is 3.99. The summed E-state index contributed by atoms with van der Waals surface area (Å²) in [4.78, 5) is 0. The molecule has 1 aromatic carbocycles. The maximum absolute atomic E-state index is 11.9. The van der Waals surface area contributed by atoms with Crippen molar-refractivity contribution in [2.24, 2.45) is 0 Å². The van der Waals surface area contributed by atoms with Gasteiger partial charge in [-0.15, -0.1) is 0 Å². The van der Waals surface area contributed by atoms with Gasteiger partial charge in [-0.25, -0.2) is 0 Å². The van der Waals surface area contributed by atoms with E-state index in [4.69, 9.17) is 0 Å². The third kappa shape index (κ3) is 3.64. The predicted octanol–water partition coefficient (Wildman–Crippen LogP) is 3.17. The number of halogens is 3. The third-order valence-electron chi connectivity index (χ3n) is 2.90. The molecule has 1 aliphatic carbocycles. The Labute approximate surface area is 103 Å². The highest BCUT2D eigenvalue weighted by atomic mass is 32.2. The lowest BCUT2D eigenvalue weighted by Gasteiger charge is -2.30. The van der Waals surface area contributed by atoms with Crippen LogP contribution < -0.4 is 5.32 Å². The summed E-state index contributed by atoms with van der Waals surface area (Å²) in [7, 11) is 0. The Hall–Kier alpha value is -0.680. The van der Waals surface area contributed by atoms with Gasteiger partial charge in [0.05, 0.1) is 0 Å². The first-order valence-corrected chi connectivity index (χ1v) is 6.54. The number of thioether (sulfide) groups is 1. The summed E-state index contributed by atoms with van der Waals surface area (Å²) < 4.78 is 35.6. The second-order valence-electron chi connectivity index (χ2n) is 4.10. The standard InChI is InChI=1S/C12H14F3NS/c13-12(14,15)17-6-5-16-8-10-7-9-3-1-2-4-11(9)10/h1-4,10,16H,5-8H2. The van der Waals surface area contributed by atoms with Crippen LogP contribution >= 0.6 is 11.8 Å². The van der Waals surface area contributed by atoms with Crippen LogP contribution in [0.25, 0.3) is 0 Å². The van der Waals surface area contributed by atoms with Gasteiger partial charge in [-0.2, -0.15) is 13.2 Å². The molecule has 2 rings (SSSR count). The van der Waals surface area contributed by atoms with E-state index in [1.807, 2.05) is 12.1 Å². The minimum absolute atomic E-state index is 0.0340. The van der Waals surface area contributed by atoms with Gasteiger partial charge in [-0.1, -0.05) is 24.3 Å². The van der Waals surface area contributed by atoms with Crippen LogP contribution in [0.4, 0.5) is 13.2 Å². The van der Waals surface area contributed by atoms with Gasteiger partial charge in [0.25, 0.3) is 0 Å². The van der Waals surface area contributed by atoms with Crippen LogP contribution in [0.3, 0.4) is 0 Å². The van der Waals surface area contributed by atoms with Crippen LogP contribution in [-0.4, -0.2) is 24.4 Å². The summed E-state index contributed by atoms with van der Waals surface area (Å²) in [5.74, 6) is 0.555. The lowest BCUT2D eigenvalue weighted by molar-refractivity contribution is -0.0327. The van der Waals surface area contributed by atoms with Crippen molar-refractivity contribution >= 4 is 11.8 Å². The summed E-state index contributed by atoms with van der Waals surface area (Å²) in [5.41, 5.74) is -1.41. The maximum Gasteiger partial charge on any atom is 0.441 e. The maximum atomic E-state index is 11.9. The Morgan fingerprint density at radius 3 is 2.76 bits per heavy atom. The topological polar surface area (TPSA) is 12.0 Å². The van der Waals surface area contributed by atoms with Crippen LogP contribution in [0.5, 0.6) is 0 Å². The van der Waals surface area contributed by atoms with Crippen molar-refractivity contribution in [2.45, 2.75) is 17.8 Å². The summed E-state index contributed by atoms with van der Waals surface area (Å²) in [6.45, 7) is 1.18. The summed E-state index contributed by atoms with van der Waals surface area (Å²) in [5, 5.41) is 3.08. The average Bonchev–Trinajstić information content (AvgIpc) is 2.22. The van der Waals surface area contributed by atoms with Crippen LogP contribution in [0.2, 0.25) is 0 Å². The number of fused-ring (bicyclic) bond motifs is 1. The van der Waals surface area contributed by atoms with E-state index >= 15 is 0 Å². The highest BCUT2D eigenvalue weighted by Crippen LogP contribution is 2.34. The second-order valence-corrected chi connectivity index (χ2v) is 5.26. The first kappa shape index (κ1) is 12.8. The molecule has 0 radical (unpaired) electrons. The number of nitrogens with one attached hydrogen (secondary N) is 1. The summed E-state index contributed by atoms with van der Waals surface area (Å²) >= 11 is 0.0340. The Morgan fingerprint density at radius 2 is 2.06 bits per heavy atom. The van der Waals surface area contributed by atoms with Crippen molar-refractivity contribution in [2.75, 3.05) is 18.8 Å². The highest BCUT2D eigenvalue weighted by Gasteiger charge is 2.28. The van der Waals surface area contributed by atoms with E-state index in [9.17, 15) is 13.2 Å². The summed E-state index contributed by atoms with van der Waals surface area (Å²) in [6.07, 6.45) is 1.04. The number of benzene rings is 1. The highest BCUT2D eigenvalue weighted by molar-refractivity contribution is 8.00. The van der Waals surface area contributed by atoms with Gasteiger partial charge in [-0.3, -0.25) is 0 Å². The molecule has 0 aliphatic heterocycles. The molecule has 0 heterocycles. The second kappa shape index (κ2) is 5.31. The zero-order valence-corrected chi connectivity index (χ0v) is 10.1. The Balaban J connectivity index is 1.62. The minimum Gasteiger partial charge on any atom is -0.315 e. The monoisotopic (exact) mass is 261 g/mol. The van der Waals surface area contributed by atoms with Crippen molar-refractivity contribution in [3.05, 3.63) is 35.4 Å². The van der Waals surface area contributed by atoms with Crippen LogP contribution in [0.1, 0.15) is 17.0 Å². The van der Waals surface area contributed by atoms with E-state index in [1.54, 1.807) is 0 Å². The average molecular weight is 261 g/mol. The molecule has 0 saturated carbocycles. The van der Waals surface area contributed by atoms with E-state index in [2.05, 4.69) is 17.4 Å². The van der Waals surface area contributed by atoms with Crippen LogP contribution in [-0.2, 0) is 6.42 Å². The van der Waals surface area contributed by atoms with Crippen molar-refractivity contribution in [3.63, 3.8) is 0 Å². The van der Waals surface area contributed by atoms with E-state index in [-0.39, 0.29) is 17.5 Å². The lowest BCUT2D eigenvalue weighted by Crippen LogP contribution is -2.30. The van der Waals surface area contributed by atoms with Gasteiger partial charge in [0.15, 0.2) is 0 Å². The van der Waals surface area contributed by atoms with E-state index in [0.29, 0.717) is 12.5 Å². The van der Waals surface area contributed by atoms with Crippen molar-refractivity contribution in [1.29, 1.82) is 0 Å².